The van der Waals surface area contributed by atoms with Crippen LogP contribution in [0.25, 0.3) is 11.0 Å². The van der Waals surface area contributed by atoms with Crippen LogP contribution in [0.2, 0.25) is 5.02 Å². The minimum atomic E-state index is -1.11. The van der Waals surface area contributed by atoms with Crippen LogP contribution in [-0.2, 0) is 14.1 Å². The molecule has 0 radical (unpaired) electrons. The summed E-state index contributed by atoms with van der Waals surface area (Å²) < 4.78 is 2.81. The van der Waals surface area contributed by atoms with Crippen molar-refractivity contribution in [3.63, 3.8) is 0 Å². The molecule has 84 valence electrons. The number of hydrogen-bond donors (Lipinski definition) is 1. The number of aromatic carboxylic acids is 1. The molecule has 0 saturated carbocycles. The Morgan fingerprint density at radius 2 is 1.75 bits per heavy atom. The maximum absolute atomic E-state index is 11.6. The van der Waals surface area contributed by atoms with Crippen molar-refractivity contribution in [2.24, 2.45) is 14.1 Å². The standard InChI is InChI=1S/C10H9ClN2O3/c1-12-7-3-5(9(14)15)6(11)4-8(7)13(2)10(12)16/h3-4H,1-2H3,(H,14,15). The SMILES string of the molecule is Cn1c(=O)n(C)c2cc(C(=O)O)c(Cl)cc21. The van der Waals surface area contributed by atoms with Gasteiger partial charge in [0.15, 0.2) is 0 Å². The number of aryl methyl sites for hydroxylation is 2. The Morgan fingerprint density at radius 3 is 2.25 bits per heavy atom. The predicted molar refractivity (Wildman–Crippen MR) is 60.1 cm³/mol. The normalized spacial score (nSPS) is 10.9. The predicted octanol–water partition coefficient (Wildman–Crippen LogP) is 1.23. The minimum Gasteiger partial charge on any atom is -0.478 e. The summed E-state index contributed by atoms with van der Waals surface area (Å²) in [6.07, 6.45) is 0. The summed E-state index contributed by atoms with van der Waals surface area (Å²) in [5, 5.41) is 9.04. The van der Waals surface area contributed by atoms with Gasteiger partial charge in [0.05, 0.1) is 21.6 Å². The molecule has 0 amide bonds. The van der Waals surface area contributed by atoms with Gasteiger partial charge in [0.2, 0.25) is 0 Å². The molecule has 0 aliphatic carbocycles. The largest absolute Gasteiger partial charge is 0.478 e. The first-order chi connectivity index (χ1) is 7.43. The molecule has 0 unspecified atom stereocenters. The molecule has 1 aromatic carbocycles. The minimum absolute atomic E-state index is 0.00429. The van der Waals surface area contributed by atoms with Gasteiger partial charge in [0.25, 0.3) is 0 Å². The van der Waals surface area contributed by atoms with Crippen molar-refractivity contribution < 1.29 is 9.90 Å². The lowest BCUT2D eigenvalue weighted by Gasteiger charge is -2.00. The van der Waals surface area contributed by atoms with E-state index in [4.69, 9.17) is 16.7 Å². The Labute approximate surface area is 95.5 Å². The van der Waals surface area contributed by atoms with Gasteiger partial charge in [0.1, 0.15) is 0 Å². The molecule has 0 saturated heterocycles. The number of carboxylic acids is 1. The highest BCUT2D eigenvalue weighted by Gasteiger charge is 2.14. The maximum Gasteiger partial charge on any atom is 0.337 e. The lowest BCUT2D eigenvalue weighted by molar-refractivity contribution is 0.0697. The van der Waals surface area contributed by atoms with E-state index in [9.17, 15) is 9.59 Å². The van der Waals surface area contributed by atoms with Crippen LogP contribution in [-0.4, -0.2) is 20.2 Å². The molecule has 1 heterocycles. The number of fused-ring (bicyclic) bond motifs is 1. The van der Waals surface area contributed by atoms with Gasteiger partial charge in [-0.1, -0.05) is 11.6 Å². The van der Waals surface area contributed by atoms with Gasteiger partial charge in [-0.15, -0.1) is 0 Å². The molecular formula is C10H9ClN2O3. The van der Waals surface area contributed by atoms with E-state index in [1.807, 2.05) is 0 Å². The lowest BCUT2D eigenvalue weighted by Crippen LogP contribution is -2.19. The van der Waals surface area contributed by atoms with E-state index in [2.05, 4.69) is 0 Å². The number of carbonyl (C=O) groups is 1. The summed E-state index contributed by atoms with van der Waals surface area (Å²) in [4.78, 5) is 22.5. The van der Waals surface area contributed by atoms with Crippen molar-refractivity contribution in [2.45, 2.75) is 0 Å². The van der Waals surface area contributed by atoms with Gasteiger partial charge >= 0.3 is 11.7 Å². The molecule has 0 fully saturated rings. The summed E-state index contributed by atoms with van der Waals surface area (Å²) in [7, 11) is 3.20. The highest BCUT2D eigenvalue weighted by atomic mass is 35.5. The molecule has 0 aliphatic heterocycles. The molecule has 2 aromatic rings. The molecule has 0 bridgehead atoms. The Hall–Kier alpha value is -1.75. The fourth-order valence-electron chi connectivity index (χ4n) is 1.68. The van der Waals surface area contributed by atoms with E-state index in [-0.39, 0.29) is 16.3 Å². The zero-order valence-corrected chi connectivity index (χ0v) is 9.45. The summed E-state index contributed by atoms with van der Waals surface area (Å²) in [6.45, 7) is 0. The highest BCUT2D eigenvalue weighted by molar-refractivity contribution is 6.34. The van der Waals surface area contributed by atoms with Crippen LogP contribution >= 0.6 is 11.6 Å². The van der Waals surface area contributed by atoms with Gasteiger partial charge in [-0.25, -0.2) is 9.59 Å². The fourth-order valence-corrected chi connectivity index (χ4v) is 1.92. The molecule has 2 rings (SSSR count). The number of aromatic nitrogens is 2. The Kier molecular flexibility index (Phi) is 2.27. The molecule has 1 N–H and O–H groups in total. The Morgan fingerprint density at radius 1 is 1.25 bits per heavy atom. The van der Waals surface area contributed by atoms with Crippen LogP contribution in [0.3, 0.4) is 0 Å². The van der Waals surface area contributed by atoms with Crippen LogP contribution in [0, 0.1) is 0 Å². The average Bonchev–Trinajstić information content (AvgIpc) is 2.43. The van der Waals surface area contributed by atoms with Crippen LogP contribution in [0.4, 0.5) is 0 Å². The number of rotatable bonds is 1. The van der Waals surface area contributed by atoms with Crippen molar-refractivity contribution >= 4 is 28.6 Å². The Bertz CT molecular complexity index is 654. The van der Waals surface area contributed by atoms with Gasteiger partial charge in [0, 0.05) is 14.1 Å². The van der Waals surface area contributed by atoms with Crippen LogP contribution in [0.15, 0.2) is 16.9 Å². The first-order valence-corrected chi connectivity index (χ1v) is 4.89. The second-order valence-corrected chi connectivity index (χ2v) is 3.93. The molecule has 0 aliphatic rings. The van der Waals surface area contributed by atoms with E-state index in [0.717, 1.165) is 0 Å². The third kappa shape index (κ3) is 1.32. The molecular weight excluding hydrogens is 232 g/mol. The summed E-state index contributed by atoms with van der Waals surface area (Å²) in [6, 6.07) is 2.89. The smallest absolute Gasteiger partial charge is 0.337 e. The quantitative estimate of drug-likeness (QED) is 0.815. The second-order valence-electron chi connectivity index (χ2n) is 3.53. The van der Waals surface area contributed by atoms with E-state index < -0.39 is 5.97 Å². The summed E-state index contributed by atoms with van der Waals surface area (Å²) in [5.41, 5.74) is 0.945. The summed E-state index contributed by atoms with van der Waals surface area (Å²) >= 11 is 5.83. The molecule has 1 aromatic heterocycles. The van der Waals surface area contributed by atoms with Gasteiger partial charge in [-0.05, 0) is 12.1 Å². The van der Waals surface area contributed by atoms with Crippen molar-refractivity contribution in [2.75, 3.05) is 0 Å². The van der Waals surface area contributed by atoms with Gasteiger partial charge in [-0.2, -0.15) is 0 Å². The number of halogens is 1. The topological polar surface area (TPSA) is 64.2 Å². The maximum atomic E-state index is 11.6. The van der Waals surface area contributed by atoms with Crippen LogP contribution in [0.1, 0.15) is 10.4 Å². The fraction of sp³-hybridized carbons (Fsp3) is 0.200. The molecule has 6 heteroatoms. The average molecular weight is 241 g/mol. The third-order valence-corrected chi connectivity index (χ3v) is 2.90. The monoisotopic (exact) mass is 240 g/mol. The summed E-state index contributed by atoms with van der Waals surface area (Å²) in [5.74, 6) is -1.11. The van der Waals surface area contributed by atoms with Crippen molar-refractivity contribution in [3.8, 4) is 0 Å². The molecule has 0 atom stereocenters. The van der Waals surface area contributed by atoms with Crippen molar-refractivity contribution in [3.05, 3.63) is 33.2 Å². The number of hydrogen-bond acceptors (Lipinski definition) is 2. The molecule has 16 heavy (non-hydrogen) atoms. The van der Waals surface area contributed by atoms with E-state index in [1.165, 1.54) is 21.3 Å². The van der Waals surface area contributed by atoms with Crippen molar-refractivity contribution in [1.29, 1.82) is 0 Å². The number of benzene rings is 1. The third-order valence-electron chi connectivity index (χ3n) is 2.59. The zero-order valence-electron chi connectivity index (χ0n) is 8.69. The first kappa shape index (κ1) is 10.8. The molecule has 5 nitrogen and oxygen atoms in total. The van der Waals surface area contributed by atoms with E-state index in [1.54, 1.807) is 14.1 Å². The van der Waals surface area contributed by atoms with Crippen molar-refractivity contribution in [1.82, 2.24) is 9.13 Å². The van der Waals surface area contributed by atoms with Crippen LogP contribution in [0.5, 0.6) is 0 Å². The first-order valence-electron chi connectivity index (χ1n) is 4.51. The zero-order chi connectivity index (χ0) is 12.0. The van der Waals surface area contributed by atoms with Gasteiger partial charge < -0.3 is 5.11 Å². The second kappa shape index (κ2) is 3.38. The number of imidazole rings is 1. The van der Waals surface area contributed by atoms with Crippen LogP contribution < -0.4 is 5.69 Å². The van der Waals surface area contributed by atoms with E-state index >= 15 is 0 Å². The Balaban J connectivity index is 2.96. The van der Waals surface area contributed by atoms with Gasteiger partial charge in [-0.3, -0.25) is 9.13 Å². The number of nitrogens with zero attached hydrogens (tertiary/aromatic N) is 2. The van der Waals surface area contributed by atoms with E-state index in [0.29, 0.717) is 11.0 Å². The number of carboxylic acid groups (broad SMARTS) is 1. The molecule has 0 spiro atoms. The lowest BCUT2D eigenvalue weighted by atomic mass is 10.2. The highest BCUT2D eigenvalue weighted by Crippen LogP contribution is 2.22.